The van der Waals surface area contributed by atoms with Gasteiger partial charge in [0.25, 0.3) is 5.91 Å². The lowest BCUT2D eigenvalue weighted by Crippen LogP contribution is -2.40. The average Bonchev–Trinajstić information content (AvgIpc) is 3.69. The van der Waals surface area contributed by atoms with E-state index in [0.29, 0.717) is 34.5 Å². The number of anilines is 2. The molecule has 0 unspecified atom stereocenters. The number of rotatable bonds is 5. The summed E-state index contributed by atoms with van der Waals surface area (Å²) in [5.41, 5.74) is 1.62. The van der Waals surface area contributed by atoms with Gasteiger partial charge in [0.1, 0.15) is 11.5 Å². The maximum Gasteiger partial charge on any atom is 0.255 e. The SMILES string of the molecule is O=C(Nc1ccc(Oc2ccccc2)cc1)c1ccc(N2C(=O)[C@H]3[C@@H]4C=C[C@H]([C@H]5C[C@H]45)[C@@H]3C2=O)cc1. The lowest BCUT2D eigenvalue weighted by molar-refractivity contribution is -0.124. The molecule has 1 saturated heterocycles. The maximum atomic E-state index is 13.3. The first-order valence-electron chi connectivity index (χ1n) is 12.4. The van der Waals surface area contributed by atoms with E-state index in [0.717, 1.165) is 12.2 Å². The standard InChI is InChI=1S/C30H24N2O4/c33-28(31-18-8-12-21(13-9-18)36-20-4-2-1-3-5-20)17-6-10-19(11-7-17)32-29(34)26-22-14-15-23(25-16-24(22)25)27(26)30(32)35/h1-15,22-27H,16H2,(H,31,33)/t22-,23-,24-,25-,26+,27+/m1/s1. The third-order valence-electron chi connectivity index (χ3n) is 8.14. The number of allylic oxidation sites excluding steroid dienone is 2. The highest BCUT2D eigenvalue weighted by Gasteiger charge is 2.67. The Labute approximate surface area is 208 Å². The Morgan fingerprint density at radius 3 is 1.94 bits per heavy atom. The van der Waals surface area contributed by atoms with Gasteiger partial charge in [-0.3, -0.25) is 19.3 Å². The van der Waals surface area contributed by atoms with Crippen LogP contribution in [-0.4, -0.2) is 17.7 Å². The van der Waals surface area contributed by atoms with Gasteiger partial charge in [0, 0.05) is 11.3 Å². The van der Waals surface area contributed by atoms with Crippen LogP contribution in [-0.2, 0) is 9.59 Å². The molecule has 1 heterocycles. The minimum absolute atomic E-state index is 0.0929. The smallest absolute Gasteiger partial charge is 0.255 e. The fraction of sp³-hybridized carbons (Fsp3) is 0.233. The van der Waals surface area contributed by atoms with Gasteiger partial charge in [-0.25, -0.2) is 0 Å². The van der Waals surface area contributed by atoms with Gasteiger partial charge in [-0.1, -0.05) is 30.4 Å². The molecule has 3 aromatic carbocycles. The molecular formula is C30H24N2O4. The highest BCUT2D eigenvalue weighted by molar-refractivity contribution is 6.22. The van der Waals surface area contributed by atoms with Gasteiger partial charge in [0.05, 0.1) is 17.5 Å². The van der Waals surface area contributed by atoms with Gasteiger partial charge in [0.2, 0.25) is 11.8 Å². The topological polar surface area (TPSA) is 75.7 Å². The molecule has 2 bridgehead atoms. The molecule has 0 aromatic heterocycles. The van der Waals surface area contributed by atoms with Crippen LogP contribution in [0.5, 0.6) is 11.5 Å². The Hall–Kier alpha value is -4.19. The van der Waals surface area contributed by atoms with Crippen molar-refractivity contribution in [3.63, 3.8) is 0 Å². The van der Waals surface area contributed by atoms with E-state index in [1.54, 1.807) is 48.5 Å². The first-order chi connectivity index (χ1) is 17.6. The second-order valence-corrected chi connectivity index (χ2v) is 10.1. The van der Waals surface area contributed by atoms with Crippen LogP contribution < -0.4 is 15.0 Å². The molecule has 3 fully saturated rings. The van der Waals surface area contributed by atoms with Crippen molar-refractivity contribution in [2.45, 2.75) is 6.42 Å². The van der Waals surface area contributed by atoms with E-state index in [1.165, 1.54) is 4.90 Å². The Morgan fingerprint density at radius 2 is 1.33 bits per heavy atom. The molecule has 178 valence electrons. The molecule has 2 saturated carbocycles. The molecule has 0 radical (unpaired) electrons. The number of imide groups is 1. The number of hydrogen-bond donors (Lipinski definition) is 1. The summed E-state index contributed by atoms with van der Waals surface area (Å²) in [6.45, 7) is 0. The minimum atomic E-state index is -0.270. The van der Waals surface area contributed by atoms with E-state index < -0.39 is 0 Å². The number of carbonyl (C=O) groups excluding carboxylic acids is 3. The normalized spacial score (nSPS) is 29.1. The number of nitrogens with one attached hydrogen (secondary N) is 1. The summed E-state index contributed by atoms with van der Waals surface area (Å²) in [7, 11) is 0. The summed E-state index contributed by atoms with van der Waals surface area (Å²) in [6.07, 6.45) is 5.48. The van der Waals surface area contributed by atoms with Crippen LogP contribution in [0.4, 0.5) is 11.4 Å². The number of nitrogens with zero attached hydrogens (tertiary/aromatic N) is 1. The highest BCUT2D eigenvalue weighted by Crippen LogP contribution is 2.65. The number of hydrogen-bond acceptors (Lipinski definition) is 4. The fourth-order valence-corrected chi connectivity index (χ4v) is 6.41. The number of ether oxygens (including phenoxy) is 1. The summed E-state index contributed by atoms with van der Waals surface area (Å²) in [6, 6.07) is 23.3. The van der Waals surface area contributed by atoms with Gasteiger partial charge < -0.3 is 10.1 Å². The number of para-hydroxylation sites is 1. The minimum Gasteiger partial charge on any atom is -0.457 e. The average molecular weight is 477 g/mol. The van der Waals surface area contributed by atoms with Crippen molar-refractivity contribution in [1.82, 2.24) is 0 Å². The second kappa shape index (κ2) is 7.92. The van der Waals surface area contributed by atoms with E-state index in [9.17, 15) is 14.4 Å². The lowest BCUT2D eigenvalue weighted by Gasteiger charge is -2.37. The van der Waals surface area contributed by atoms with E-state index in [1.807, 2.05) is 30.3 Å². The molecule has 3 aromatic rings. The third kappa shape index (κ3) is 3.28. The molecule has 8 rings (SSSR count). The monoisotopic (exact) mass is 476 g/mol. The number of carbonyl (C=O) groups is 3. The second-order valence-electron chi connectivity index (χ2n) is 10.1. The molecule has 5 aliphatic rings. The van der Waals surface area contributed by atoms with Crippen LogP contribution in [0.2, 0.25) is 0 Å². The van der Waals surface area contributed by atoms with Gasteiger partial charge >= 0.3 is 0 Å². The summed E-state index contributed by atoms with van der Waals surface area (Å²) in [5, 5.41) is 2.88. The van der Waals surface area contributed by atoms with Crippen molar-refractivity contribution in [2.24, 2.45) is 35.5 Å². The van der Waals surface area contributed by atoms with E-state index in [4.69, 9.17) is 4.74 Å². The third-order valence-corrected chi connectivity index (χ3v) is 8.14. The molecule has 3 amide bonds. The van der Waals surface area contributed by atoms with Crippen LogP contribution >= 0.6 is 0 Å². The van der Waals surface area contributed by atoms with E-state index >= 15 is 0 Å². The molecule has 6 atom stereocenters. The molecule has 4 aliphatic carbocycles. The molecule has 6 nitrogen and oxygen atoms in total. The molecule has 0 spiro atoms. The van der Waals surface area contributed by atoms with Crippen LogP contribution in [0.15, 0.2) is 91.0 Å². The highest BCUT2D eigenvalue weighted by atomic mass is 16.5. The Morgan fingerprint density at radius 1 is 0.750 bits per heavy atom. The van der Waals surface area contributed by atoms with Gasteiger partial charge in [-0.15, -0.1) is 0 Å². The lowest BCUT2D eigenvalue weighted by atomic mass is 9.63. The molecular weight excluding hydrogens is 452 g/mol. The predicted molar refractivity (Wildman–Crippen MR) is 135 cm³/mol. The molecule has 36 heavy (non-hydrogen) atoms. The van der Waals surface area contributed by atoms with Crippen molar-refractivity contribution < 1.29 is 19.1 Å². The number of amides is 3. The Balaban J connectivity index is 1.03. The summed E-state index contributed by atoms with van der Waals surface area (Å²) < 4.78 is 5.79. The molecule has 6 heteroatoms. The Kier molecular flexibility index (Phi) is 4.64. The zero-order chi connectivity index (χ0) is 24.4. The van der Waals surface area contributed by atoms with Crippen molar-refractivity contribution in [1.29, 1.82) is 0 Å². The van der Waals surface area contributed by atoms with Crippen LogP contribution in [0, 0.1) is 35.5 Å². The predicted octanol–water partition coefficient (Wildman–Crippen LogP) is 5.29. The maximum absolute atomic E-state index is 13.3. The van der Waals surface area contributed by atoms with Crippen molar-refractivity contribution in [3.8, 4) is 11.5 Å². The summed E-state index contributed by atoms with van der Waals surface area (Å²) in [4.78, 5) is 40.7. The Bertz CT molecular complexity index is 1360. The first-order valence-corrected chi connectivity index (χ1v) is 12.4. The van der Waals surface area contributed by atoms with Gasteiger partial charge in [0.15, 0.2) is 0 Å². The van der Waals surface area contributed by atoms with Crippen molar-refractivity contribution >= 4 is 29.1 Å². The van der Waals surface area contributed by atoms with E-state index in [2.05, 4.69) is 17.5 Å². The zero-order valence-electron chi connectivity index (χ0n) is 19.4. The first kappa shape index (κ1) is 21.1. The molecule has 1 aliphatic heterocycles. The summed E-state index contributed by atoms with van der Waals surface area (Å²) >= 11 is 0. The number of benzene rings is 3. The van der Waals surface area contributed by atoms with Gasteiger partial charge in [-0.05, 0) is 90.8 Å². The largest absolute Gasteiger partial charge is 0.457 e. The summed E-state index contributed by atoms with van der Waals surface area (Å²) in [5.74, 6) is 2.03. The van der Waals surface area contributed by atoms with Crippen LogP contribution in [0.3, 0.4) is 0 Å². The molecule has 1 N–H and O–H groups in total. The quantitative estimate of drug-likeness (QED) is 0.401. The zero-order valence-corrected chi connectivity index (χ0v) is 19.4. The van der Waals surface area contributed by atoms with Gasteiger partial charge in [-0.2, -0.15) is 0 Å². The van der Waals surface area contributed by atoms with Crippen LogP contribution in [0.1, 0.15) is 16.8 Å². The van der Waals surface area contributed by atoms with Crippen molar-refractivity contribution in [3.05, 3.63) is 96.6 Å². The van der Waals surface area contributed by atoms with Crippen molar-refractivity contribution in [2.75, 3.05) is 10.2 Å². The van der Waals surface area contributed by atoms with E-state index in [-0.39, 0.29) is 41.4 Å². The van der Waals surface area contributed by atoms with Crippen LogP contribution in [0.25, 0.3) is 0 Å². The fourth-order valence-electron chi connectivity index (χ4n) is 6.41.